The van der Waals surface area contributed by atoms with Gasteiger partial charge in [0, 0.05) is 43.0 Å². The Hall–Kier alpha value is -4.04. The van der Waals surface area contributed by atoms with Gasteiger partial charge in [-0.15, -0.1) is 0 Å². The van der Waals surface area contributed by atoms with E-state index in [1.807, 2.05) is 31.2 Å². The highest BCUT2D eigenvalue weighted by atomic mass is 19.3. The zero-order valence-corrected chi connectivity index (χ0v) is 21.3. The number of amides is 1. The van der Waals surface area contributed by atoms with Crippen LogP contribution >= 0.6 is 0 Å². The quantitative estimate of drug-likeness (QED) is 0.262. The maximum Gasteiger partial charge on any atom is 0.261 e. The summed E-state index contributed by atoms with van der Waals surface area (Å²) < 4.78 is 40.4. The number of carbonyl (C=O) groups is 1. The molecule has 5 nitrogen and oxygen atoms in total. The Balaban J connectivity index is 1.46. The van der Waals surface area contributed by atoms with Crippen LogP contribution in [0.25, 0.3) is 22.8 Å². The first-order valence-corrected chi connectivity index (χ1v) is 12.3. The Morgan fingerprint density at radius 3 is 2.66 bits per heavy atom. The van der Waals surface area contributed by atoms with Crippen LogP contribution in [-0.4, -0.2) is 39.8 Å². The van der Waals surface area contributed by atoms with E-state index in [9.17, 15) is 18.0 Å². The molecule has 4 rings (SSSR count). The predicted octanol–water partition coefficient (Wildman–Crippen LogP) is 6.83. The molecule has 0 saturated carbocycles. The molecule has 0 atom stereocenters. The van der Waals surface area contributed by atoms with Gasteiger partial charge in [0.25, 0.3) is 11.8 Å². The molecule has 0 unspecified atom stereocenters. The number of hydrogen-bond acceptors (Lipinski definition) is 4. The van der Waals surface area contributed by atoms with E-state index in [4.69, 9.17) is 0 Å². The van der Waals surface area contributed by atoms with E-state index in [1.54, 1.807) is 42.4 Å². The number of halogens is 3. The summed E-state index contributed by atoms with van der Waals surface area (Å²) in [6.07, 6.45) is 8.97. The van der Waals surface area contributed by atoms with Crippen molar-refractivity contribution < 1.29 is 18.0 Å². The molecule has 1 saturated heterocycles. The van der Waals surface area contributed by atoms with Gasteiger partial charge in [-0.05, 0) is 72.5 Å². The summed E-state index contributed by atoms with van der Waals surface area (Å²) in [6.45, 7) is 8.01. The molecule has 0 bridgehead atoms. The minimum absolute atomic E-state index is 0.126. The van der Waals surface area contributed by atoms with Crippen LogP contribution in [0.5, 0.6) is 0 Å². The molecule has 8 heteroatoms. The predicted molar refractivity (Wildman–Crippen MR) is 145 cm³/mol. The van der Waals surface area contributed by atoms with Crippen molar-refractivity contribution in [2.24, 2.45) is 0 Å². The first-order chi connectivity index (χ1) is 18.1. The van der Waals surface area contributed by atoms with Crippen molar-refractivity contribution in [3.05, 3.63) is 102 Å². The second-order valence-electron chi connectivity index (χ2n) is 9.34. The minimum Gasteiger partial charge on any atom is -0.321 e. The lowest BCUT2D eigenvalue weighted by molar-refractivity contribution is -0.111. The van der Waals surface area contributed by atoms with Crippen LogP contribution in [0.2, 0.25) is 0 Å². The number of hydrogen-bond donors (Lipinski definition) is 1. The van der Waals surface area contributed by atoms with Crippen LogP contribution in [0.3, 0.4) is 0 Å². The molecule has 1 N–H and O–H groups in total. The Morgan fingerprint density at radius 2 is 1.97 bits per heavy atom. The van der Waals surface area contributed by atoms with Crippen LogP contribution < -0.4 is 5.32 Å². The molecular formula is C30H29F3N4O. The minimum atomic E-state index is -2.64. The van der Waals surface area contributed by atoms with Crippen molar-refractivity contribution >= 4 is 23.2 Å². The molecule has 0 radical (unpaired) electrons. The first-order valence-electron chi connectivity index (χ1n) is 12.3. The number of nitrogens with zero attached hydrogens (tertiary/aromatic N) is 3. The van der Waals surface area contributed by atoms with Crippen molar-refractivity contribution in [1.82, 2.24) is 14.9 Å². The Labute approximate surface area is 220 Å². The molecule has 196 valence electrons. The fraction of sp³-hybridized carbons (Fsp3) is 0.233. The van der Waals surface area contributed by atoms with Crippen LogP contribution in [0, 0.1) is 6.92 Å². The molecule has 1 aliphatic heterocycles. The summed E-state index contributed by atoms with van der Waals surface area (Å²) in [4.78, 5) is 23.2. The van der Waals surface area contributed by atoms with Crippen LogP contribution in [0.15, 0.2) is 79.5 Å². The third-order valence-corrected chi connectivity index (χ3v) is 6.35. The second kappa shape index (κ2) is 11.6. The van der Waals surface area contributed by atoms with Crippen molar-refractivity contribution in [1.29, 1.82) is 0 Å². The molecule has 2 aromatic heterocycles. The fourth-order valence-electron chi connectivity index (χ4n) is 4.23. The zero-order chi connectivity index (χ0) is 27.3. The molecule has 38 heavy (non-hydrogen) atoms. The topological polar surface area (TPSA) is 58.1 Å². The summed E-state index contributed by atoms with van der Waals surface area (Å²) in [5, 5.41) is 2.80. The van der Waals surface area contributed by atoms with E-state index in [-0.39, 0.29) is 30.3 Å². The molecule has 0 spiro atoms. The van der Waals surface area contributed by atoms with E-state index >= 15 is 0 Å². The number of carbonyl (C=O) groups excluding carboxylic acids is 1. The van der Waals surface area contributed by atoms with E-state index in [1.165, 1.54) is 18.3 Å². The van der Waals surface area contributed by atoms with Gasteiger partial charge in [0.05, 0.1) is 24.1 Å². The summed E-state index contributed by atoms with van der Waals surface area (Å²) >= 11 is 0. The summed E-state index contributed by atoms with van der Waals surface area (Å²) in [5.41, 5.74) is 5.39. The van der Waals surface area contributed by atoms with Gasteiger partial charge in [-0.25, -0.2) is 13.2 Å². The van der Waals surface area contributed by atoms with Crippen LogP contribution in [0.4, 0.5) is 18.9 Å². The number of aryl methyl sites for hydroxylation is 1. The van der Waals surface area contributed by atoms with Crippen molar-refractivity contribution in [2.75, 3.05) is 18.4 Å². The van der Waals surface area contributed by atoms with Gasteiger partial charge in [0.1, 0.15) is 5.83 Å². The van der Waals surface area contributed by atoms with E-state index in [0.29, 0.717) is 30.0 Å². The normalized spacial score (nSPS) is 15.7. The monoisotopic (exact) mass is 518 g/mol. The highest BCUT2D eigenvalue weighted by Crippen LogP contribution is 2.30. The third-order valence-electron chi connectivity index (χ3n) is 6.35. The Kier molecular flexibility index (Phi) is 8.22. The molecule has 0 aliphatic carbocycles. The van der Waals surface area contributed by atoms with E-state index in [0.717, 1.165) is 22.3 Å². The standard InChI is InChI=1S/C30H29F3N4O/c1-4-25(31)7-8-26-9-10-27(17-35-26)36-29(38)21(3)28-14-23(6-5-20(28)2)24-13-22(15-34-16-24)18-37-12-11-30(32,33)19-37/h4-10,13-17H,3,11-12,18-19H2,1-2H3,(H,36,38)/b8-7-,25-4+. The van der Waals surface area contributed by atoms with Gasteiger partial charge in [0.2, 0.25) is 0 Å². The molecule has 3 heterocycles. The van der Waals surface area contributed by atoms with Gasteiger partial charge in [-0.3, -0.25) is 19.7 Å². The summed E-state index contributed by atoms with van der Waals surface area (Å²) in [6, 6.07) is 11.0. The number of anilines is 1. The van der Waals surface area contributed by atoms with Crippen molar-refractivity contribution in [3.8, 4) is 11.1 Å². The van der Waals surface area contributed by atoms with Gasteiger partial charge in [-0.2, -0.15) is 0 Å². The number of likely N-dealkylation sites (tertiary alicyclic amines) is 1. The number of pyridine rings is 2. The fourth-order valence-corrected chi connectivity index (χ4v) is 4.23. The van der Waals surface area contributed by atoms with E-state index in [2.05, 4.69) is 21.9 Å². The maximum absolute atomic E-state index is 13.6. The number of benzene rings is 1. The van der Waals surface area contributed by atoms with E-state index < -0.39 is 5.92 Å². The lowest BCUT2D eigenvalue weighted by Crippen LogP contribution is -2.24. The average molecular weight is 519 g/mol. The number of alkyl halides is 2. The summed E-state index contributed by atoms with van der Waals surface area (Å²) in [7, 11) is 0. The molecule has 1 aliphatic rings. The van der Waals surface area contributed by atoms with Crippen molar-refractivity contribution in [3.63, 3.8) is 0 Å². The maximum atomic E-state index is 13.6. The zero-order valence-electron chi connectivity index (χ0n) is 21.3. The van der Waals surface area contributed by atoms with Crippen LogP contribution in [0.1, 0.15) is 35.7 Å². The third kappa shape index (κ3) is 6.83. The van der Waals surface area contributed by atoms with Gasteiger partial charge in [0.15, 0.2) is 0 Å². The summed E-state index contributed by atoms with van der Waals surface area (Å²) in [5.74, 6) is -3.38. The number of allylic oxidation sites excluding steroid dienone is 3. The van der Waals surface area contributed by atoms with Crippen molar-refractivity contribution in [2.45, 2.75) is 32.7 Å². The first kappa shape index (κ1) is 27.0. The highest BCUT2D eigenvalue weighted by molar-refractivity contribution is 6.25. The molecular weight excluding hydrogens is 489 g/mol. The largest absolute Gasteiger partial charge is 0.321 e. The lowest BCUT2D eigenvalue weighted by atomic mass is 9.95. The Bertz CT molecular complexity index is 1400. The van der Waals surface area contributed by atoms with Gasteiger partial charge < -0.3 is 5.32 Å². The molecule has 1 aromatic carbocycles. The van der Waals surface area contributed by atoms with Crippen LogP contribution in [-0.2, 0) is 11.3 Å². The number of rotatable bonds is 8. The lowest BCUT2D eigenvalue weighted by Gasteiger charge is -2.16. The highest BCUT2D eigenvalue weighted by Gasteiger charge is 2.37. The molecule has 3 aromatic rings. The molecule has 1 amide bonds. The number of nitrogens with one attached hydrogen (secondary N) is 1. The number of aromatic nitrogens is 2. The smallest absolute Gasteiger partial charge is 0.261 e. The SMILES string of the molecule is C=C(C(=O)Nc1ccc(/C=C\C(F)=C/C)nc1)c1cc(-c2cncc(CN3CCC(F)(F)C3)c2)ccc1C. The second-order valence-corrected chi connectivity index (χ2v) is 9.34. The Morgan fingerprint density at radius 1 is 1.16 bits per heavy atom. The molecule has 1 fully saturated rings. The van der Waals surface area contributed by atoms with Gasteiger partial charge >= 0.3 is 0 Å². The van der Waals surface area contributed by atoms with Gasteiger partial charge in [-0.1, -0.05) is 24.8 Å². The average Bonchev–Trinajstić information content (AvgIpc) is 3.25.